The van der Waals surface area contributed by atoms with E-state index in [1.54, 1.807) is 0 Å². The number of nitrogens with one attached hydrogen (secondary N) is 1. The van der Waals surface area contributed by atoms with Gasteiger partial charge in [-0.25, -0.2) is 4.98 Å². The number of carbonyl (C=O) groups is 1. The Bertz CT molecular complexity index is 470. The lowest BCUT2D eigenvalue weighted by molar-refractivity contribution is -0.137. The molecule has 18 heavy (non-hydrogen) atoms. The number of alkyl halides is 3. The van der Waals surface area contributed by atoms with Crippen LogP contribution in [0.5, 0.6) is 5.88 Å². The predicted octanol–water partition coefficient (Wildman–Crippen LogP) is 2.46. The summed E-state index contributed by atoms with van der Waals surface area (Å²) in [5.74, 6) is -0.435. The summed E-state index contributed by atoms with van der Waals surface area (Å²) in [5, 5.41) is 2.41. The summed E-state index contributed by atoms with van der Waals surface area (Å²) in [6.07, 6.45) is -2.30. The molecular formula is C11H11F3N2O2. The summed E-state index contributed by atoms with van der Waals surface area (Å²) in [6.45, 7) is 0. The van der Waals surface area contributed by atoms with E-state index in [2.05, 4.69) is 10.3 Å². The maximum atomic E-state index is 12.5. The van der Waals surface area contributed by atoms with Crippen LogP contribution in [0.25, 0.3) is 0 Å². The molecule has 7 heteroatoms. The van der Waals surface area contributed by atoms with Crippen molar-refractivity contribution in [3.63, 3.8) is 0 Å². The fourth-order valence-electron chi connectivity index (χ4n) is 1.44. The lowest BCUT2D eigenvalue weighted by Crippen LogP contribution is -2.16. The third-order valence-electron chi connectivity index (χ3n) is 2.58. The molecule has 4 nitrogen and oxygen atoms in total. The number of hydrogen-bond donors (Lipinski definition) is 1. The Labute approximate surface area is 101 Å². The van der Waals surface area contributed by atoms with Gasteiger partial charge in [0.1, 0.15) is 5.69 Å². The molecule has 1 heterocycles. The molecular weight excluding hydrogens is 249 g/mol. The minimum atomic E-state index is -4.50. The van der Waals surface area contributed by atoms with Gasteiger partial charge in [0, 0.05) is 12.1 Å². The largest absolute Gasteiger partial charge is 0.480 e. The molecule has 1 aliphatic carbocycles. The number of ether oxygens (including phenoxy) is 1. The zero-order chi connectivity index (χ0) is 13.3. The quantitative estimate of drug-likeness (QED) is 0.908. The lowest BCUT2D eigenvalue weighted by Gasteiger charge is -2.12. The van der Waals surface area contributed by atoms with Gasteiger partial charge in [-0.2, -0.15) is 13.2 Å². The predicted molar refractivity (Wildman–Crippen MR) is 57.1 cm³/mol. The van der Waals surface area contributed by atoms with E-state index in [-0.39, 0.29) is 23.4 Å². The first-order chi connectivity index (χ1) is 8.41. The summed E-state index contributed by atoms with van der Waals surface area (Å²) < 4.78 is 42.4. The van der Waals surface area contributed by atoms with E-state index in [0.717, 1.165) is 18.9 Å². The van der Waals surface area contributed by atoms with Crippen LogP contribution in [0.1, 0.15) is 18.4 Å². The number of nitrogens with zero attached hydrogens (tertiary/aromatic N) is 1. The van der Waals surface area contributed by atoms with E-state index in [4.69, 9.17) is 4.74 Å². The molecule has 0 spiro atoms. The van der Waals surface area contributed by atoms with Gasteiger partial charge < -0.3 is 10.1 Å². The number of hydrogen-bond acceptors (Lipinski definition) is 3. The van der Waals surface area contributed by atoms with Gasteiger partial charge in [0.15, 0.2) is 0 Å². The molecule has 0 aliphatic heterocycles. The summed E-state index contributed by atoms with van der Waals surface area (Å²) in [6, 6.07) is 0.826. The lowest BCUT2D eigenvalue weighted by atomic mass is 10.2. The van der Waals surface area contributed by atoms with Crippen LogP contribution < -0.4 is 10.1 Å². The van der Waals surface area contributed by atoms with Crippen LogP contribution in [0, 0.1) is 5.92 Å². The molecule has 0 aromatic carbocycles. The summed E-state index contributed by atoms with van der Waals surface area (Å²) in [7, 11) is 1.28. The number of halogens is 3. The molecule has 0 radical (unpaired) electrons. The van der Waals surface area contributed by atoms with Gasteiger partial charge in [-0.15, -0.1) is 0 Å². The molecule has 0 atom stereocenters. The van der Waals surface area contributed by atoms with Crippen molar-refractivity contribution < 1.29 is 22.7 Å². The molecule has 2 rings (SSSR count). The number of amides is 1. The van der Waals surface area contributed by atoms with Crippen molar-refractivity contribution in [3.8, 4) is 5.88 Å². The van der Waals surface area contributed by atoms with Crippen molar-refractivity contribution in [2.24, 2.45) is 5.92 Å². The Hall–Kier alpha value is -1.79. The average Bonchev–Trinajstić information content (AvgIpc) is 3.11. The zero-order valence-electron chi connectivity index (χ0n) is 9.54. The SMILES string of the molecule is COc1ncc(C(F)(F)F)cc1NC(=O)C1CC1. The number of anilines is 1. The number of carbonyl (C=O) groups excluding carboxylic acids is 1. The van der Waals surface area contributed by atoms with Crippen molar-refractivity contribution in [1.29, 1.82) is 0 Å². The van der Waals surface area contributed by atoms with Crippen LogP contribution in [0.3, 0.4) is 0 Å². The standard InChI is InChI=1S/C11H11F3N2O2/c1-18-10-8(16-9(17)6-2-3-6)4-7(5-15-10)11(12,13)14/h4-6H,2-3H2,1H3,(H,16,17). The maximum Gasteiger partial charge on any atom is 0.417 e. The number of pyridine rings is 1. The third-order valence-corrected chi connectivity index (χ3v) is 2.58. The van der Waals surface area contributed by atoms with Crippen LogP contribution in [0.2, 0.25) is 0 Å². The highest BCUT2D eigenvalue weighted by molar-refractivity contribution is 5.95. The first kappa shape index (κ1) is 12.7. The van der Waals surface area contributed by atoms with Crippen molar-refractivity contribution >= 4 is 11.6 Å². The fourth-order valence-corrected chi connectivity index (χ4v) is 1.44. The van der Waals surface area contributed by atoms with Crippen LogP contribution in [0.4, 0.5) is 18.9 Å². The van der Waals surface area contributed by atoms with Gasteiger partial charge in [0.2, 0.25) is 11.8 Å². The van der Waals surface area contributed by atoms with Crippen molar-refractivity contribution in [3.05, 3.63) is 17.8 Å². The Morgan fingerprint density at radius 2 is 2.17 bits per heavy atom. The number of methoxy groups -OCH3 is 1. The van der Waals surface area contributed by atoms with E-state index in [1.807, 2.05) is 0 Å². The van der Waals surface area contributed by atoms with Crippen LogP contribution >= 0.6 is 0 Å². The Morgan fingerprint density at radius 1 is 1.50 bits per heavy atom. The molecule has 1 aromatic rings. The molecule has 0 unspecified atom stereocenters. The average molecular weight is 260 g/mol. The molecule has 98 valence electrons. The van der Waals surface area contributed by atoms with Gasteiger partial charge >= 0.3 is 6.18 Å². The van der Waals surface area contributed by atoms with Crippen LogP contribution in [0.15, 0.2) is 12.3 Å². The first-order valence-corrected chi connectivity index (χ1v) is 5.34. The summed E-state index contributed by atoms with van der Waals surface area (Å²) in [5.41, 5.74) is -0.973. The highest BCUT2D eigenvalue weighted by Gasteiger charge is 2.33. The molecule has 1 N–H and O–H groups in total. The van der Waals surface area contributed by atoms with Crippen LogP contribution in [-0.2, 0) is 11.0 Å². The normalized spacial score (nSPS) is 15.3. The number of rotatable bonds is 3. The molecule has 1 fully saturated rings. The van der Waals surface area contributed by atoms with E-state index < -0.39 is 11.7 Å². The van der Waals surface area contributed by atoms with Crippen molar-refractivity contribution in [1.82, 2.24) is 4.98 Å². The van der Waals surface area contributed by atoms with Gasteiger partial charge in [0.25, 0.3) is 0 Å². The minimum absolute atomic E-state index is 0.0306. The Morgan fingerprint density at radius 3 is 2.67 bits per heavy atom. The topological polar surface area (TPSA) is 51.2 Å². The Balaban J connectivity index is 2.27. The second-order valence-corrected chi connectivity index (χ2v) is 4.04. The zero-order valence-corrected chi connectivity index (χ0v) is 9.54. The van der Waals surface area contributed by atoms with E-state index >= 15 is 0 Å². The molecule has 1 aromatic heterocycles. The smallest absolute Gasteiger partial charge is 0.417 e. The van der Waals surface area contributed by atoms with E-state index in [1.165, 1.54) is 7.11 Å². The highest BCUT2D eigenvalue weighted by atomic mass is 19.4. The van der Waals surface area contributed by atoms with Gasteiger partial charge in [-0.05, 0) is 18.9 Å². The first-order valence-electron chi connectivity index (χ1n) is 5.34. The molecule has 0 saturated heterocycles. The second kappa shape index (κ2) is 4.47. The monoisotopic (exact) mass is 260 g/mol. The minimum Gasteiger partial charge on any atom is -0.480 e. The van der Waals surface area contributed by atoms with Gasteiger partial charge in [-0.1, -0.05) is 0 Å². The van der Waals surface area contributed by atoms with Crippen molar-refractivity contribution in [2.75, 3.05) is 12.4 Å². The summed E-state index contributed by atoms with van der Waals surface area (Å²) in [4.78, 5) is 15.1. The van der Waals surface area contributed by atoms with Gasteiger partial charge in [-0.3, -0.25) is 4.79 Å². The van der Waals surface area contributed by atoms with Gasteiger partial charge in [0.05, 0.1) is 12.7 Å². The molecule has 1 saturated carbocycles. The van der Waals surface area contributed by atoms with E-state index in [0.29, 0.717) is 6.20 Å². The van der Waals surface area contributed by atoms with Crippen LogP contribution in [-0.4, -0.2) is 18.0 Å². The molecule has 1 aliphatic rings. The second-order valence-electron chi connectivity index (χ2n) is 4.04. The third kappa shape index (κ3) is 2.72. The van der Waals surface area contributed by atoms with Crippen molar-refractivity contribution in [2.45, 2.75) is 19.0 Å². The summed E-state index contributed by atoms with van der Waals surface area (Å²) >= 11 is 0. The number of aromatic nitrogens is 1. The Kier molecular flexibility index (Phi) is 3.14. The molecule has 1 amide bonds. The maximum absolute atomic E-state index is 12.5. The van der Waals surface area contributed by atoms with E-state index in [9.17, 15) is 18.0 Å². The fraction of sp³-hybridized carbons (Fsp3) is 0.455. The molecule has 0 bridgehead atoms. The highest BCUT2D eigenvalue weighted by Crippen LogP contribution is 2.35.